The lowest BCUT2D eigenvalue weighted by Gasteiger charge is -2.47. The Balaban J connectivity index is 1.83. The number of piperazine rings is 1. The molecule has 0 spiro atoms. The van der Waals surface area contributed by atoms with Crippen LogP contribution in [0.15, 0.2) is 16.8 Å². The molecule has 3 heterocycles. The van der Waals surface area contributed by atoms with Crippen LogP contribution in [0.2, 0.25) is 0 Å². The van der Waals surface area contributed by atoms with Gasteiger partial charge in [-0.3, -0.25) is 9.80 Å². The molecule has 2 saturated heterocycles. The van der Waals surface area contributed by atoms with Gasteiger partial charge in [-0.2, -0.15) is 11.3 Å². The van der Waals surface area contributed by atoms with Crippen molar-refractivity contribution in [2.24, 2.45) is 5.73 Å². The van der Waals surface area contributed by atoms with Crippen LogP contribution in [0.1, 0.15) is 44.7 Å². The van der Waals surface area contributed by atoms with E-state index in [0.717, 1.165) is 12.5 Å². The predicted octanol–water partition coefficient (Wildman–Crippen LogP) is 2.70. The third kappa shape index (κ3) is 2.67. The molecule has 3 nitrogen and oxygen atoms in total. The van der Waals surface area contributed by atoms with Crippen LogP contribution in [0.3, 0.4) is 0 Å². The Labute approximate surface area is 126 Å². The van der Waals surface area contributed by atoms with Gasteiger partial charge in [0.1, 0.15) is 0 Å². The van der Waals surface area contributed by atoms with Crippen LogP contribution < -0.4 is 5.73 Å². The number of hydrogen-bond acceptors (Lipinski definition) is 4. The van der Waals surface area contributed by atoms with Crippen molar-refractivity contribution in [3.05, 3.63) is 22.4 Å². The van der Waals surface area contributed by atoms with E-state index < -0.39 is 0 Å². The quantitative estimate of drug-likeness (QED) is 0.926. The zero-order chi connectivity index (χ0) is 14.1. The van der Waals surface area contributed by atoms with Crippen molar-refractivity contribution < 1.29 is 0 Å². The van der Waals surface area contributed by atoms with Crippen molar-refractivity contribution in [2.75, 3.05) is 19.6 Å². The maximum atomic E-state index is 6.49. The van der Waals surface area contributed by atoms with Gasteiger partial charge in [-0.05, 0) is 55.1 Å². The molecule has 0 bridgehead atoms. The van der Waals surface area contributed by atoms with E-state index in [-0.39, 0.29) is 6.04 Å². The van der Waals surface area contributed by atoms with Gasteiger partial charge in [0.25, 0.3) is 0 Å². The second-order valence-corrected chi connectivity index (χ2v) is 7.19. The summed E-state index contributed by atoms with van der Waals surface area (Å²) >= 11 is 1.79. The standard InChI is InChI=1S/C16H27N3S/c1-3-15(17)16(13-6-8-20-11-13)19-10-14-5-4-7-18(14)9-12(19)2/h6,8,11-12,14-16H,3-5,7,9-10,17H2,1-2H3. The Hall–Kier alpha value is -0.420. The summed E-state index contributed by atoms with van der Waals surface area (Å²) in [5.74, 6) is 0. The van der Waals surface area contributed by atoms with Gasteiger partial charge < -0.3 is 5.73 Å². The van der Waals surface area contributed by atoms with Crippen molar-refractivity contribution in [3.8, 4) is 0 Å². The molecule has 0 radical (unpaired) electrons. The number of hydrogen-bond donors (Lipinski definition) is 1. The third-order valence-corrected chi connectivity index (χ3v) is 5.81. The molecule has 0 saturated carbocycles. The van der Waals surface area contributed by atoms with Crippen LogP contribution in [0.25, 0.3) is 0 Å². The highest BCUT2D eigenvalue weighted by Gasteiger charge is 2.39. The summed E-state index contributed by atoms with van der Waals surface area (Å²) in [6, 6.07) is 4.26. The van der Waals surface area contributed by atoms with Crippen molar-refractivity contribution in [2.45, 2.75) is 57.3 Å². The Kier molecular flexibility index (Phi) is 4.46. The number of rotatable bonds is 4. The minimum absolute atomic E-state index is 0.236. The van der Waals surface area contributed by atoms with Crippen molar-refractivity contribution >= 4 is 11.3 Å². The lowest BCUT2D eigenvalue weighted by atomic mass is 9.94. The van der Waals surface area contributed by atoms with E-state index in [1.165, 1.54) is 38.0 Å². The summed E-state index contributed by atoms with van der Waals surface area (Å²) in [5.41, 5.74) is 7.91. The first-order valence-corrected chi connectivity index (χ1v) is 8.92. The Morgan fingerprint density at radius 3 is 3.00 bits per heavy atom. The lowest BCUT2D eigenvalue weighted by Crippen LogP contribution is -2.58. The fraction of sp³-hybridized carbons (Fsp3) is 0.750. The topological polar surface area (TPSA) is 32.5 Å². The van der Waals surface area contributed by atoms with Crippen molar-refractivity contribution in [1.29, 1.82) is 0 Å². The summed E-state index contributed by atoms with van der Waals surface area (Å²) in [6.07, 6.45) is 3.77. The van der Waals surface area contributed by atoms with E-state index >= 15 is 0 Å². The second-order valence-electron chi connectivity index (χ2n) is 6.41. The molecule has 0 aromatic carbocycles. The summed E-state index contributed by atoms with van der Waals surface area (Å²) in [6.45, 7) is 8.28. The van der Waals surface area contributed by atoms with Crippen LogP contribution >= 0.6 is 11.3 Å². The van der Waals surface area contributed by atoms with Gasteiger partial charge in [0.2, 0.25) is 0 Å². The van der Waals surface area contributed by atoms with Crippen LogP contribution in [0.5, 0.6) is 0 Å². The summed E-state index contributed by atoms with van der Waals surface area (Å²) in [7, 11) is 0. The average Bonchev–Trinajstić information content (AvgIpc) is 3.10. The molecule has 2 aliphatic rings. The summed E-state index contributed by atoms with van der Waals surface area (Å²) in [5, 5.41) is 4.47. The summed E-state index contributed by atoms with van der Waals surface area (Å²) in [4.78, 5) is 5.37. The van der Waals surface area contributed by atoms with Crippen LogP contribution in [-0.2, 0) is 0 Å². The highest BCUT2D eigenvalue weighted by atomic mass is 32.1. The van der Waals surface area contributed by atoms with Gasteiger partial charge in [-0.15, -0.1) is 0 Å². The third-order valence-electron chi connectivity index (χ3n) is 5.10. The Morgan fingerprint density at radius 1 is 1.45 bits per heavy atom. The van der Waals surface area contributed by atoms with E-state index in [0.29, 0.717) is 12.1 Å². The lowest BCUT2D eigenvalue weighted by molar-refractivity contribution is 0.0185. The first-order valence-electron chi connectivity index (χ1n) is 7.98. The first kappa shape index (κ1) is 14.5. The molecule has 2 fully saturated rings. The SMILES string of the molecule is CCC(N)C(c1ccsc1)N1CC2CCCN2CC1C. The van der Waals surface area contributed by atoms with Gasteiger partial charge in [0.05, 0.1) is 6.04 Å². The zero-order valence-corrected chi connectivity index (χ0v) is 13.5. The van der Waals surface area contributed by atoms with Gasteiger partial charge in [0, 0.05) is 31.2 Å². The number of nitrogens with two attached hydrogens (primary N) is 1. The first-order chi connectivity index (χ1) is 9.70. The molecule has 3 rings (SSSR count). The maximum Gasteiger partial charge on any atom is 0.0511 e. The van der Waals surface area contributed by atoms with Gasteiger partial charge in [-0.1, -0.05) is 6.92 Å². The van der Waals surface area contributed by atoms with Gasteiger partial charge >= 0.3 is 0 Å². The summed E-state index contributed by atoms with van der Waals surface area (Å²) < 4.78 is 0. The average molecular weight is 293 g/mol. The molecule has 0 amide bonds. The largest absolute Gasteiger partial charge is 0.326 e. The molecule has 2 aliphatic heterocycles. The van der Waals surface area contributed by atoms with Crippen LogP contribution in [-0.4, -0.2) is 47.6 Å². The number of nitrogens with zero attached hydrogens (tertiary/aromatic N) is 2. The molecule has 1 aromatic rings. The fourth-order valence-corrected chi connectivity index (χ4v) is 4.64. The smallest absolute Gasteiger partial charge is 0.0511 e. The molecular formula is C16H27N3S. The monoisotopic (exact) mass is 293 g/mol. The Morgan fingerprint density at radius 2 is 2.30 bits per heavy atom. The highest BCUT2D eigenvalue weighted by molar-refractivity contribution is 7.07. The van der Waals surface area contributed by atoms with E-state index in [4.69, 9.17) is 5.73 Å². The molecule has 112 valence electrons. The van der Waals surface area contributed by atoms with E-state index in [9.17, 15) is 0 Å². The molecule has 0 aliphatic carbocycles. The molecule has 1 aromatic heterocycles. The minimum atomic E-state index is 0.236. The molecule has 4 heteroatoms. The predicted molar refractivity (Wildman–Crippen MR) is 86.1 cm³/mol. The molecule has 2 N–H and O–H groups in total. The van der Waals surface area contributed by atoms with E-state index in [2.05, 4.69) is 40.5 Å². The highest BCUT2D eigenvalue weighted by Crippen LogP contribution is 2.34. The van der Waals surface area contributed by atoms with Gasteiger partial charge in [-0.25, -0.2) is 0 Å². The molecule has 20 heavy (non-hydrogen) atoms. The number of fused-ring (bicyclic) bond motifs is 1. The van der Waals surface area contributed by atoms with E-state index in [1.54, 1.807) is 11.3 Å². The van der Waals surface area contributed by atoms with E-state index in [1.807, 2.05) is 0 Å². The Bertz CT molecular complexity index is 419. The molecule has 4 atom stereocenters. The van der Waals surface area contributed by atoms with Crippen molar-refractivity contribution in [3.63, 3.8) is 0 Å². The molecule has 4 unspecified atom stereocenters. The zero-order valence-electron chi connectivity index (χ0n) is 12.7. The van der Waals surface area contributed by atoms with Gasteiger partial charge in [0.15, 0.2) is 0 Å². The number of thiophene rings is 1. The fourth-order valence-electron chi connectivity index (χ4n) is 3.95. The van der Waals surface area contributed by atoms with Crippen molar-refractivity contribution in [1.82, 2.24) is 9.80 Å². The second kappa shape index (κ2) is 6.14. The molecular weight excluding hydrogens is 266 g/mol. The van der Waals surface area contributed by atoms with Crippen LogP contribution in [0.4, 0.5) is 0 Å². The van der Waals surface area contributed by atoms with Crippen LogP contribution in [0, 0.1) is 0 Å². The normalized spacial score (nSPS) is 31.1. The minimum Gasteiger partial charge on any atom is -0.326 e. The maximum absolute atomic E-state index is 6.49.